The van der Waals surface area contributed by atoms with Gasteiger partial charge in [0.05, 0.1) is 0 Å². The predicted octanol–water partition coefficient (Wildman–Crippen LogP) is 1.66. The highest BCUT2D eigenvalue weighted by Gasteiger charge is 2.12. The smallest absolute Gasteiger partial charge is 0.162 e. The molecule has 3 nitrogen and oxygen atoms in total. The average molecular weight is 277 g/mol. The molecule has 0 amide bonds. The molecule has 102 valence electrons. The van der Waals surface area contributed by atoms with E-state index in [9.17, 15) is 17.2 Å². The third-order valence-electron chi connectivity index (χ3n) is 2.60. The van der Waals surface area contributed by atoms with Crippen molar-refractivity contribution in [1.29, 1.82) is 0 Å². The summed E-state index contributed by atoms with van der Waals surface area (Å²) in [4.78, 5) is 0. The molecule has 0 fully saturated rings. The largest absolute Gasteiger partial charge is 0.327 e. The molecule has 1 unspecified atom stereocenters. The van der Waals surface area contributed by atoms with Crippen LogP contribution in [0, 0.1) is 11.6 Å². The molecule has 1 aromatic carbocycles. The van der Waals surface area contributed by atoms with Crippen molar-refractivity contribution in [1.82, 2.24) is 0 Å². The molecule has 1 aromatic rings. The van der Waals surface area contributed by atoms with Gasteiger partial charge in [-0.25, -0.2) is 17.2 Å². The summed E-state index contributed by atoms with van der Waals surface area (Å²) in [5.41, 5.74) is 5.99. The van der Waals surface area contributed by atoms with Crippen molar-refractivity contribution < 1.29 is 17.2 Å². The van der Waals surface area contributed by atoms with Crippen molar-refractivity contribution in [3.05, 3.63) is 35.4 Å². The summed E-state index contributed by atoms with van der Waals surface area (Å²) in [5.74, 6) is -1.71. The lowest BCUT2D eigenvalue weighted by Crippen LogP contribution is -2.24. The Morgan fingerprint density at radius 3 is 2.61 bits per heavy atom. The Labute approximate surface area is 106 Å². The Bertz CT molecular complexity index is 503. The van der Waals surface area contributed by atoms with Crippen molar-refractivity contribution in [3.8, 4) is 0 Å². The Kier molecular flexibility index (Phi) is 5.22. The maximum atomic E-state index is 13.3. The van der Waals surface area contributed by atoms with E-state index in [1.54, 1.807) is 0 Å². The van der Waals surface area contributed by atoms with E-state index in [0.29, 0.717) is 12.8 Å². The third kappa shape index (κ3) is 5.10. The lowest BCUT2D eigenvalue weighted by atomic mass is 10.0. The van der Waals surface area contributed by atoms with E-state index in [2.05, 4.69) is 0 Å². The van der Waals surface area contributed by atoms with Gasteiger partial charge in [0.15, 0.2) is 11.6 Å². The lowest BCUT2D eigenvalue weighted by molar-refractivity contribution is 0.489. The number of hydrogen-bond acceptors (Lipinski definition) is 3. The number of hydrogen-bond donors (Lipinski definition) is 1. The summed E-state index contributed by atoms with van der Waals surface area (Å²) >= 11 is 0. The highest BCUT2D eigenvalue weighted by atomic mass is 32.2. The van der Waals surface area contributed by atoms with Gasteiger partial charge in [-0.2, -0.15) is 0 Å². The standard InChI is InChI=1S/C12H17F2NO2S/c1-18(16,17)7-3-5-10(15)8-9-4-2-6-11(13)12(9)14/h2,4,6,10H,3,5,7-8,15H2,1H3. The van der Waals surface area contributed by atoms with Gasteiger partial charge in [0.1, 0.15) is 9.84 Å². The quantitative estimate of drug-likeness (QED) is 0.860. The van der Waals surface area contributed by atoms with Gasteiger partial charge in [0, 0.05) is 18.1 Å². The van der Waals surface area contributed by atoms with Gasteiger partial charge in [0.2, 0.25) is 0 Å². The fourth-order valence-corrected chi connectivity index (χ4v) is 2.39. The molecule has 1 atom stereocenters. The van der Waals surface area contributed by atoms with E-state index in [1.165, 1.54) is 12.1 Å². The molecule has 1 rings (SSSR count). The van der Waals surface area contributed by atoms with Crippen molar-refractivity contribution in [2.75, 3.05) is 12.0 Å². The lowest BCUT2D eigenvalue weighted by Gasteiger charge is -2.12. The molecule has 18 heavy (non-hydrogen) atoms. The van der Waals surface area contributed by atoms with Crippen LogP contribution in [0.1, 0.15) is 18.4 Å². The molecule has 0 radical (unpaired) electrons. The summed E-state index contributed by atoms with van der Waals surface area (Å²) in [6, 6.07) is 3.59. The van der Waals surface area contributed by atoms with Crippen LogP contribution in [0.5, 0.6) is 0 Å². The summed E-state index contributed by atoms with van der Waals surface area (Å²) in [5, 5.41) is 0. The minimum absolute atomic E-state index is 0.0618. The van der Waals surface area contributed by atoms with Crippen LogP contribution in [0.15, 0.2) is 18.2 Å². The van der Waals surface area contributed by atoms with Crippen molar-refractivity contribution in [3.63, 3.8) is 0 Å². The first-order valence-corrected chi connectivity index (χ1v) is 7.72. The molecular weight excluding hydrogens is 260 g/mol. The monoisotopic (exact) mass is 277 g/mol. The summed E-state index contributed by atoms with van der Waals surface area (Å²) in [6.45, 7) is 0. The number of sulfone groups is 1. The normalized spacial score (nSPS) is 13.6. The van der Waals surface area contributed by atoms with E-state index in [4.69, 9.17) is 5.73 Å². The highest BCUT2D eigenvalue weighted by Crippen LogP contribution is 2.14. The van der Waals surface area contributed by atoms with E-state index < -0.39 is 21.5 Å². The Morgan fingerprint density at radius 1 is 1.33 bits per heavy atom. The molecule has 0 bridgehead atoms. The SMILES string of the molecule is CS(=O)(=O)CCCC(N)Cc1cccc(F)c1F. The van der Waals surface area contributed by atoms with Crippen molar-refractivity contribution in [2.24, 2.45) is 5.73 Å². The Hall–Kier alpha value is -1.01. The zero-order valence-electron chi connectivity index (χ0n) is 10.2. The Morgan fingerprint density at radius 2 is 2.00 bits per heavy atom. The zero-order valence-corrected chi connectivity index (χ0v) is 11.0. The molecule has 0 aromatic heterocycles. The predicted molar refractivity (Wildman–Crippen MR) is 67.0 cm³/mol. The van der Waals surface area contributed by atoms with Gasteiger partial charge in [-0.3, -0.25) is 0 Å². The minimum atomic E-state index is -3.00. The fourth-order valence-electron chi connectivity index (χ4n) is 1.70. The van der Waals surface area contributed by atoms with Crippen LogP contribution < -0.4 is 5.73 Å². The Balaban J connectivity index is 2.50. The molecule has 0 spiro atoms. The van der Waals surface area contributed by atoms with Gasteiger partial charge in [0.25, 0.3) is 0 Å². The van der Waals surface area contributed by atoms with Crippen LogP contribution in [0.2, 0.25) is 0 Å². The summed E-state index contributed by atoms with van der Waals surface area (Å²) in [6.07, 6.45) is 2.25. The molecule has 0 saturated carbocycles. The average Bonchev–Trinajstić information content (AvgIpc) is 2.23. The molecule has 6 heteroatoms. The number of nitrogens with two attached hydrogens (primary N) is 1. The second-order valence-electron chi connectivity index (χ2n) is 4.45. The first-order chi connectivity index (χ1) is 8.29. The zero-order chi connectivity index (χ0) is 13.8. The van der Waals surface area contributed by atoms with E-state index >= 15 is 0 Å². The summed E-state index contributed by atoms with van der Waals surface area (Å²) < 4.78 is 48.1. The minimum Gasteiger partial charge on any atom is -0.327 e. The topological polar surface area (TPSA) is 60.2 Å². The van der Waals surface area contributed by atoms with Gasteiger partial charge < -0.3 is 5.73 Å². The second-order valence-corrected chi connectivity index (χ2v) is 6.71. The molecule has 0 aliphatic rings. The molecule has 0 heterocycles. The van der Waals surface area contributed by atoms with Gasteiger partial charge in [-0.15, -0.1) is 0 Å². The first kappa shape index (κ1) is 15.0. The van der Waals surface area contributed by atoms with Gasteiger partial charge in [-0.05, 0) is 30.9 Å². The number of benzene rings is 1. The van der Waals surface area contributed by atoms with Gasteiger partial charge in [-0.1, -0.05) is 12.1 Å². The maximum absolute atomic E-state index is 13.3. The maximum Gasteiger partial charge on any atom is 0.162 e. The highest BCUT2D eigenvalue weighted by molar-refractivity contribution is 7.90. The van der Waals surface area contributed by atoms with Crippen LogP contribution in [-0.4, -0.2) is 26.5 Å². The summed E-state index contributed by atoms with van der Waals surface area (Å²) in [7, 11) is -3.00. The fraction of sp³-hybridized carbons (Fsp3) is 0.500. The van der Waals surface area contributed by atoms with Crippen molar-refractivity contribution >= 4 is 9.84 Å². The van der Waals surface area contributed by atoms with Crippen LogP contribution in [-0.2, 0) is 16.3 Å². The van der Waals surface area contributed by atoms with Crippen LogP contribution in [0.25, 0.3) is 0 Å². The molecule has 0 aliphatic heterocycles. The first-order valence-electron chi connectivity index (χ1n) is 5.66. The van der Waals surface area contributed by atoms with Crippen LogP contribution in [0.3, 0.4) is 0 Å². The van der Waals surface area contributed by atoms with Gasteiger partial charge >= 0.3 is 0 Å². The van der Waals surface area contributed by atoms with Crippen molar-refractivity contribution in [2.45, 2.75) is 25.3 Å². The molecular formula is C12H17F2NO2S. The third-order valence-corrected chi connectivity index (χ3v) is 3.63. The number of halogens is 2. The van der Waals surface area contributed by atoms with E-state index in [1.807, 2.05) is 0 Å². The molecule has 2 N–H and O–H groups in total. The van der Waals surface area contributed by atoms with E-state index in [-0.39, 0.29) is 23.8 Å². The van der Waals surface area contributed by atoms with E-state index in [0.717, 1.165) is 12.3 Å². The second kappa shape index (κ2) is 6.24. The molecule has 0 aliphatic carbocycles. The number of rotatable bonds is 6. The van der Waals surface area contributed by atoms with Crippen LogP contribution in [0.4, 0.5) is 8.78 Å². The van der Waals surface area contributed by atoms with Crippen LogP contribution >= 0.6 is 0 Å². The molecule has 0 saturated heterocycles.